The number of ether oxygens (including phenoxy) is 1. The van der Waals surface area contributed by atoms with Gasteiger partial charge < -0.3 is 29.9 Å². The normalized spacial score (nSPS) is 17.8. The van der Waals surface area contributed by atoms with E-state index in [4.69, 9.17) is 16.3 Å². The highest BCUT2D eigenvalue weighted by Crippen LogP contribution is 2.29. The van der Waals surface area contributed by atoms with Crippen molar-refractivity contribution in [3.8, 4) is 0 Å². The molecule has 0 bridgehead atoms. The molecule has 3 aliphatic rings. The maximum absolute atomic E-state index is 14.2. The highest BCUT2D eigenvalue weighted by atomic mass is 35.5. The van der Waals surface area contributed by atoms with Crippen molar-refractivity contribution in [2.75, 3.05) is 64.7 Å². The minimum Gasteiger partial charge on any atom is -0.465 e. The van der Waals surface area contributed by atoms with Gasteiger partial charge in [0.15, 0.2) is 0 Å². The number of carbonyl (C=O) groups is 3. The zero-order valence-corrected chi connectivity index (χ0v) is 33.0. The van der Waals surface area contributed by atoms with Crippen molar-refractivity contribution in [2.45, 2.75) is 56.7 Å². The van der Waals surface area contributed by atoms with E-state index < -0.39 is 18.2 Å². The lowest BCUT2D eigenvalue weighted by Gasteiger charge is -2.40. The summed E-state index contributed by atoms with van der Waals surface area (Å²) in [5.74, 6) is 0.477. The molecule has 2 N–H and O–H groups in total. The van der Waals surface area contributed by atoms with Gasteiger partial charge in [-0.2, -0.15) is 0 Å². The Morgan fingerprint density at radius 2 is 1.69 bits per heavy atom. The van der Waals surface area contributed by atoms with Gasteiger partial charge in [-0.25, -0.2) is 14.0 Å². The van der Waals surface area contributed by atoms with Crippen LogP contribution in [0.4, 0.5) is 14.0 Å². The number of amides is 3. The van der Waals surface area contributed by atoms with Gasteiger partial charge in [-0.05, 0) is 103 Å². The molecule has 3 aromatic carbocycles. The second kappa shape index (κ2) is 19.7. The van der Waals surface area contributed by atoms with Gasteiger partial charge in [0.1, 0.15) is 18.5 Å². The molecule has 2 saturated heterocycles. The average molecular weight is 792 g/mol. The topological polar surface area (TPSA) is 106 Å². The van der Waals surface area contributed by atoms with Gasteiger partial charge in [-0.15, -0.1) is 11.8 Å². The van der Waals surface area contributed by atoms with Crippen LogP contribution in [0, 0.1) is 11.7 Å². The summed E-state index contributed by atoms with van der Waals surface area (Å²) in [5, 5.41) is 13.2. The molecule has 1 atom stereocenters. The van der Waals surface area contributed by atoms with Crippen molar-refractivity contribution in [1.82, 2.24) is 24.9 Å². The SMILES string of the molecule is CCSc1cc(F)ccc1CN1CCN(C(=O)C(NC(=O)OCc2ccccc2)C2CCN(CCc3cc(Cl)ccc3C3=CCCN(C(=O)O)C3)CC2)CC1. The van der Waals surface area contributed by atoms with Crippen LogP contribution in [0.2, 0.25) is 5.02 Å². The molecule has 0 saturated carbocycles. The molecule has 55 heavy (non-hydrogen) atoms. The lowest BCUT2D eigenvalue weighted by atomic mass is 9.88. The van der Waals surface area contributed by atoms with E-state index in [2.05, 4.69) is 28.1 Å². The fraction of sp³-hybridized carbons (Fsp3) is 0.452. The Balaban J connectivity index is 1.07. The number of piperidine rings is 1. The van der Waals surface area contributed by atoms with Crippen LogP contribution < -0.4 is 5.32 Å². The zero-order valence-electron chi connectivity index (χ0n) is 31.4. The van der Waals surface area contributed by atoms with Crippen LogP contribution in [0.15, 0.2) is 77.7 Å². The number of halogens is 2. The number of likely N-dealkylation sites (tertiary alicyclic amines) is 1. The lowest BCUT2D eigenvalue weighted by molar-refractivity contribution is -0.137. The minimum absolute atomic E-state index is 0.0602. The predicted molar refractivity (Wildman–Crippen MR) is 215 cm³/mol. The highest BCUT2D eigenvalue weighted by molar-refractivity contribution is 7.99. The molecule has 294 valence electrons. The van der Waals surface area contributed by atoms with Crippen molar-refractivity contribution in [3.05, 3.63) is 106 Å². The van der Waals surface area contributed by atoms with Crippen molar-refractivity contribution in [1.29, 1.82) is 0 Å². The second-order valence-electron chi connectivity index (χ2n) is 14.4. The molecular weight excluding hydrogens is 741 g/mol. The van der Waals surface area contributed by atoms with E-state index >= 15 is 0 Å². The van der Waals surface area contributed by atoms with Gasteiger partial charge in [0, 0.05) is 62.3 Å². The quantitative estimate of drug-likeness (QED) is 0.175. The number of piperazine rings is 1. The fourth-order valence-corrected chi connectivity index (χ4v) is 8.78. The monoisotopic (exact) mass is 791 g/mol. The van der Waals surface area contributed by atoms with E-state index in [0.29, 0.717) is 57.3 Å². The first kappa shape index (κ1) is 40.6. The number of hydrogen-bond acceptors (Lipinski definition) is 7. The Morgan fingerprint density at radius 3 is 2.42 bits per heavy atom. The molecule has 3 amide bonds. The lowest BCUT2D eigenvalue weighted by Crippen LogP contribution is -2.58. The fourth-order valence-electron chi connectivity index (χ4n) is 7.76. The van der Waals surface area contributed by atoms with Crippen LogP contribution >= 0.6 is 23.4 Å². The number of alkyl carbamates (subject to hydrolysis) is 1. The van der Waals surface area contributed by atoms with Crippen molar-refractivity contribution in [2.24, 2.45) is 5.92 Å². The smallest absolute Gasteiger partial charge is 0.408 e. The molecule has 3 aliphatic heterocycles. The molecule has 13 heteroatoms. The number of benzene rings is 3. The molecule has 0 aromatic heterocycles. The zero-order chi connectivity index (χ0) is 38.7. The van der Waals surface area contributed by atoms with E-state index in [0.717, 1.165) is 77.4 Å². The number of nitrogens with zero attached hydrogens (tertiary/aromatic N) is 4. The average Bonchev–Trinajstić information content (AvgIpc) is 3.20. The molecular formula is C42H51ClFN5O5S. The Morgan fingerprint density at radius 1 is 0.927 bits per heavy atom. The summed E-state index contributed by atoms with van der Waals surface area (Å²) in [6.07, 6.45) is 3.50. The Labute approximate surface area is 332 Å². The first-order chi connectivity index (χ1) is 26.7. The van der Waals surface area contributed by atoms with Gasteiger partial charge >= 0.3 is 12.2 Å². The van der Waals surface area contributed by atoms with Crippen molar-refractivity contribution >= 4 is 47.0 Å². The van der Waals surface area contributed by atoms with Crippen LogP contribution in [0.25, 0.3) is 5.57 Å². The van der Waals surface area contributed by atoms with Crippen molar-refractivity contribution in [3.63, 3.8) is 0 Å². The summed E-state index contributed by atoms with van der Waals surface area (Å²) in [4.78, 5) is 48.1. The van der Waals surface area contributed by atoms with Gasteiger partial charge in [0.2, 0.25) is 5.91 Å². The number of hydrogen-bond donors (Lipinski definition) is 2. The Kier molecular flexibility index (Phi) is 14.5. The molecule has 3 heterocycles. The molecule has 0 spiro atoms. The highest BCUT2D eigenvalue weighted by Gasteiger charge is 2.37. The number of rotatable bonds is 13. The molecule has 1 unspecified atom stereocenters. The van der Waals surface area contributed by atoms with Crippen LogP contribution in [0.3, 0.4) is 0 Å². The molecule has 6 rings (SSSR count). The molecule has 3 aromatic rings. The Bertz CT molecular complexity index is 1820. The number of nitrogens with one attached hydrogen (secondary N) is 1. The van der Waals surface area contributed by atoms with Crippen LogP contribution in [0.1, 0.15) is 48.4 Å². The minimum atomic E-state index is -0.913. The number of thioether (sulfide) groups is 1. The number of carboxylic acid groups (broad SMARTS) is 1. The largest absolute Gasteiger partial charge is 0.465 e. The molecule has 0 radical (unpaired) electrons. The van der Waals surface area contributed by atoms with Gasteiger partial charge in [-0.1, -0.05) is 67.1 Å². The van der Waals surface area contributed by atoms with Gasteiger partial charge in [0.05, 0.1) is 0 Å². The maximum Gasteiger partial charge on any atom is 0.408 e. The van der Waals surface area contributed by atoms with E-state index in [9.17, 15) is 23.9 Å². The van der Waals surface area contributed by atoms with E-state index in [-0.39, 0.29) is 24.2 Å². The van der Waals surface area contributed by atoms with Gasteiger partial charge in [0.25, 0.3) is 0 Å². The summed E-state index contributed by atoms with van der Waals surface area (Å²) in [6, 6.07) is 19.6. The second-order valence-corrected chi connectivity index (χ2v) is 16.2. The summed E-state index contributed by atoms with van der Waals surface area (Å²) in [5.41, 5.74) is 5.08. The van der Waals surface area contributed by atoms with Crippen LogP contribution in [-0.4, -0.2) is 113 Å². The summed E-state index contributed by atoms with van der Waals surface area (Å²) in [6.45, 7) is 8.46. The summed E-state index contributed by atoms with van der Waals surface area (Å²) in [7, 11) is 0. The van der Waals surface area contributed by atoms with E-state index in [1.807, 2.05) is 59.5 Å². The molecule has 0 aliphatic carbocycles. The first-order valence-corrected chi connectivity index (χ1v) is 20.6. The van der Waals surface area contributed by atoms with Crippen LogP contribution in [-0.2, 0) is 29.1 Å². The van der Waals surface area contributed by atoms with Crippen molar-refractivity contribution < 1.29 is 28.6 Å². The predicted octanol–water partition coefficient (Wildman–Crippen LogP) is 7.25. The number of carbonyl (C=O) groups excluding carboxylic acids is 2. The van der Waals surface area contributed by atoms with E-state index in [1.165, 1.54) is 11.0 Å². The Hall–Kier alpha value is -4.10. The first-order valence-electron chi connectivity index (χ1n) is 19.2. The third kappa shape index (κ3) is 11.2. The third-order valence-electron chi connectivity index (χ3n) is 10.8. The van der Waals surface area contributed by atoms with Crippen LogP contribution in [0.5, 0.6) is 0 Å². The maximum atomic E-state index is 14.2. The standard InChI is InChI=1S/C42H51ClFN5O5S/c1-2-55-38-26-36(44)12-10-34(38)27-47-21-23-48(24-22-47)40(50)39(45-41(51)54-29-30-7-4-3-5-8-30)31-14-18-46(19-15-31)20-16-32-25-35(43)11-13-37(32)33-9-6-17-49(28-33)42(52)53/h3-5,7-13,25-26,31,39H,2,6,14-24,27-29H2,1H3,(H,45,51)(H,52,53). The summed E-state index contributed by atoms with van der Waals surface area (Å²) >= 11 is 8.07. The van der Waals surface area contributed by atoms with Gasteiger partial charge in [-0.3, -0.25) is 9.69 Å². The molecule has 10 nitrogen and oxygen atoms in total. The molecule has 2 fully saturated rings. The third-order valence-corrected chi connectivity index (χ3v) is 12.0. The summed E-state index contributed by atoms with van der Waals surface area (Å²) < 4.78 is 19.6. The van der Waals surface area contributed by atoms with E-state index in [1.54, 1.807) is 17.8 Å².